The van der Waals surface area contributed by atoms with Crippen LogP contribution in [-0.4, -0.2) is 40.9 Å². The lowest BCUT2D eigenvalue weighted by Gasteiger charge is -2.38. The fraction of sp³-hybridized carbons (Fsp3) is 0.526. The van der Waals surface area contributed by atoms with Crippen LogP contribution < -0.4 is 5.32 Å². The highest BCUT2D eigenvalue weighted by Gasteiger charge is 2.37. The van der Waals surface area contributed by atoms with Crippen molar-refractivity contribution >= 4 is 0 Å². The minimum absolute atomic E-state index is 0.591. The smallest absolute Gasteiger partial charge is 0.0968 e. The normalized spacial score (nSPS) is 21.1. The molecule has 122 valence electrons. The second-order valence-corrected chi connectivity index (χ2v) is 7.25. The molecule has 0 unspecified atom stereocenters. The number of piperidine rings is 1. The molecule has 2 aliphatic heterocycles. The summed E-state index contributed by atoms with van der Waals surface area (Å²) in [4.78, 5) is 2.60. The highest BCUT2D eigenvalue weighted by atomic mass is 15.3. The van der Waals surface area contributed by atoms with Gasteiger partial charge in [0.2, 0.25) is 0 Å². The van der Waals surface area contributed by atoms with Crippen molar-refractivity contribution in [1.29, 1.82) is 0 Å². The van der Waals surface area contributed by atoms with Gasteiger partial charge in [-0.2, -0.15) is 5.10 Å². The van der Waals surface area contributed by atoms with Crippen molar-refractivity contribution in [2.75, 3.05) is 26.2 Å². The van der Waals surface area contributed by atoms with Crippen LogP contribution in [0.1, 0.15) is 24.8 Å². The number of rotatable bonds is 3. The molecule has 2 saturated heterocycles. The second kappa shape index (κ2) is 6.10. The Balaban J connectivity index is 1.48. The van der Waals surface area contributed by atoms with Crippen molar-refractivity contribution in [1.82, 2.24) is 20.0 Å². The van der Waals surface area contributed by atoms with Gasteiger partial charge in [0.05, 0.1) is 5.69 Å². The molecule has 4 rings (SSSR count). The number of likely N-dealkylation sites (tertiary alicyclic amines) is 1. The Kier molecular flexibility index (Phi) is 3.95. The largest absolute Gasteiger partial charge is 0.316 e. The number of aromatic nitrogens is 2. The Labute approximate surface area is 138 Å². The van der Waals surface area contributed by atoms with E-state index in [1.54, 1.807) is 0 Å². The molecule has 1 spiro atoms. The van der Waals surface area contributed by atoms with Gasteiger partial charge in [0.1, 0.15) is 0 Å². The van der Waals surface area contributed by atoms with Gasteiger partial charge in [0, 0.05) is 37.5 Å². The molecule has 23 heavy (non-hydrogen) atoms. The summed E-state index contributed by atoms with van der Waals surface area (Å²) >= 11 is 0. The zero-order chi connectivity index (χ0) is 15.7. The molecule has 1 aromatic heterocycles. The van der Waals surface area contributed by atoms with E-state index in [2.05, 4.69) is 46.7 Å². The summed E-state index contributed by atoms with van der Waals surface area (Å²) < 4.78 is 1.95. The zero-order valence-electron chi connectivity index (χ0n) is 14.0. The summed E-state index contributed by atoms with van der Waals surface area (Å²) in [5.41, 5.74) is 4.29. The van der Waals surface area contributed by atoms with Crippen molar-refractivity contribution in [3.8, 4) is 11.3 Å². The Bertz CT molecular complexity index is 645. The fourth-order valence-electron chi connectivity index (χ4n) is 4.14. The summed E-state index contributed by atoms with van der Waals surface area (Å²) in [5.74, 6) is 0. The zero-order valence-corrected chi connectivity index (χ0v) is 14.0. The Morgan fingerprint density at radius 3 is 2.61 bits per heavy atom. The average molecular weight is 310 g/mol. The highest BCUT2D eigenvalue weighted by Crippen LogP contribution is 2.37. The van der Waals surface area contributed by atoms with Gasteiger partial charge in [-0.15, -0.1) is 0 Å². The summed E-state index contributed by atoms with van der Waals surface area (Å²) in [7, 11) is 2.02. The average Bonchev–Trinajstić information content (AvgIpc) is 3.18. The van der Waals surface area contributed by atoms with Crippen molar-refractivity contribution < 1.29 is 0 Å². The molecule has 4 nitrogen and oxygen atoms in total. The topological polar surface area (TPSA) is 33.1 Å². The van der Waals surface area contributed by atoms with Gasteiger partial charge in [-0.3, -0.25) is 9.58 Å². The number of nitrogens with one attached hydrogen (secondary N) is 1. The molecule has 0 bridgehead atoms. The SMILES string of the molecule is Cn1cc(CN2CCC3(CCNC3)CC2)c(-c2ccccc2)n1. The standard InChI is InChI=1S/C19H26N4/c1-22-13-17(18(21-22)16-5-3-2-4-6-16)14-23-11-8-19(9-12-23)7-10-20-15-19/h2-6,13,20H,7-12,14-15H2,1H3. The lowest BCUT2D eigenvalue weighted by Crippen LogP contribution is -2.40. The predicted octanol–water partition coefficient (Wildman–Crippen LogP) is 2.66. The van der Waals surface area contributed by atoms with Crippen LogP contribution in [0.25, 0.3) is 11.3 Å². The minimum atomic E-state index is 0.591. The summed E-state index contributed by atoms with van der Waals surface area (Å²) in [6.45, 7) is 5.88. The van der Waals surface area contributed by atoms with Gasteiger partial charge in [-0.25, -0.2) is 0 Å². The first-order valence-corrected chi connectivity index (χ1v) is 8.75. The van der Waals surface area contributed by atoms with Crippen LogP contribution in [0.3, 0.4) is 0 Å². The maximum Gasteiger partial charge on any atom is 0.0968 e. The summed E-state index contributed by atoms with van der Waals surface area (Å²) in [5, 5.41) is 8.25. The number of hydrogen-bond donors (Lipinski definition) is 1. The van der Waals surface area contributed by atoms with Crippen LogP contribution in [0.5, 0.6) is 0 Å². The Morgan fingerprint density at radius 2 is 1.91 bits per heavy atom. The molecule has 4 heteroatoms. The molecular formula is C19H26N4. The van der Waals surface area contributed by atoms with E-state index >= 15 is 0 Å². The first-order valence-electron chi connectivity index (χ1n) is 8.75. The maximum atomic E-state index is 4.70. The van der Waals surface area contributed by atoms with Crippen LogP contribution >= 0.6 is 0 Å². The third-order valence-corrected chi connectivity index (χ3v) is 5.59. The van der Waals surface area contributed by atoms with Gasteiger partial charge < -0.3 is 5.32 Å². The van der Waals surface area contributed by atoms with Crippen molar-refractivity contribution in [3.05, 3.63) is 42.1 Å². The molecule has 2 aromatic rings. The molecule has 0 radical (unpaired) electrons. The third kappa shape index (κ3) is 3.06. The quantitative estimate of drug-likeness (QED) is 0.946. The second-order valence-electron chi connectivity index (χ2n) is 7.25. The molecule has 0 aliphatic carbocycles. The molecule has 1 N–H and O–H groups in total. The van der Waals surface area contributed by atoms with Crippen LogP contribution in [-0.2, 0) is 13.6 Å². The van der Waals surface area contributed by atoms with Gasteiger partial charge in [0.25, 0.3) is 0 Å². The molecule has 0 amide bonds. The maximum absolute atomic E-state index is 4.70. The first kappa shape index (κ1) is 14.9. The molecule has 1 aromatic carbocycles. The van der Waals surface area contributed by atoms with E-state index in [0.717, 1.165) is 12.2 Å². The molecule has 2 fully saturated rings. The number of hydrogen-bond acceptors (Lipinski definition) is 3. The van der Waals surface area contributed by atoms with Crippen LogP contribution in [0, 0.1) is 5.41 Å². The van der Waals surface area contributed by atoms with E-state index in [9.17, 15) is 0 Å². The lowest BCUT2D eigenvalue weighted by atomic mass is 9.78. The van der Waals surface area contributed by atoms with E-state index in [1.165, 1.54) is 56.6 Å². The number of nitrogens with zero attached hydrogens (tertiary/aromatic N) is 3. The van der Waals surface area contributed by atoms with Crippen molar-refractivity contribution in [2.24, 2.45) is 12.5 Å². The first-order chi connectivity index (χ1) is 11.2. The van der Waals surface area contributed by atoms with E-state index < -0.39 is 0 Å². The van der Waals surface area contributed by atoms with E-state index in [0.29, 0.717) is 5.41 Å². The van der Waals surface area contributed by atoms with Crippen LogP contribution in [0.4, 0.5) is 0 Å². The van der Waals surface area contributed by atoms with E-state index in [1.807, 2.05) is 11.7 Å². The molecule has 0 atom stereocenters. The molecular weight excluding hydrogens is 284 g/mol. The summed E-state index contributed by atoms with van der Waals surface area (Å²) in [6.07, 6.45) is 6.22. The Hall–Kier alpha value is -1.65. The van der Waals surface area contributed by atoms with Crippen LogP contribution in [0.2, 0.25) is 0 Å². The number of benzene rings is 1. The number of aryl methyl sites for hydroxylation is 1. The predicted molar refractivity (Wildman–Crippen MR) is 93.1 cm³/mol. The molecule has 0 saturated carbocycles. The lowest BCUT2D eigenvalue weighted by molar-refractivity contribution is 0.114. The molecule has 3 heterocycles. The van der Waals surface area contributed by atoms with Gasteiger partial charge in [-0.05, 0) is 44.3 Å². The summed E-state index contributed by atoms with van der Waals surface area (Å²) in [6, 6.07) is 10.5. The van der Waals surface area contributed by atoms with Crippen molar-refractivity contribution in [2.45, 2.75) is 25.8 Å². The molecule has 2 aliphatic rings. The van der Waals surface area contributed by atoms with Crippen LogP contribution in [0.15, 0.2) is 36.5 Å². The highest BCUT2D eigenvalue weighted by molar-refractivity contribution is 5.62. The van der Waals surface area contributed by atoms with Gasteiger partial charge in [-0.1, -0.05) is 30.3 Å². The third-order valence-electron chi connectivity index (χ3n) is 5.59. The Morgan fingerprint density at radius 1 is 1.13 bits per heavy atom. The van der Waals surface area contributed by atoms with Crippen molar-refractivity contribution in [3.63, 3.8) is 0 Å². The van der Waals surface area contributed by atoms with E-state index in [-0.39, 0.29) is 0 Å². The van der Waals surface area contributed by atoms with Gasteiger partial charge in [0.15, 0.2) is 0 Å². The minimum Gasteiger partial charge on any atom is -0.316 e. The fourth-order valence-corrected chi connectivity index (χ4v) is 4.14. The monoisotopic (exact) mass is 310 g/mol. The van der Waals surface area contributed by atoms with E-state index in [4.69, 9.17) is 5.10 Å². The van der Waals surface area contributed by atoms with Gasteiger partial charge >= 0.3 is 0 Å².